The van der Waals surface area contributed by atoms with Crippen LogP contribution >= 0.6 is 7.82 Å². The second-order valence-corrected chi connectivity index (χ2v) is 7.98. The van der Waals surface area contributed by atoms with E-state index in [2.05, 4.69) is 0 Å². The molecule has 0 amide bonds. The van der Waals surface area contributed by atoms with Crippen molar-refractivity contribution in [1.29, 1.82) is 0 Å². The Morgan fingerprint density at radius 1 is 0.677 bits per heavy atom. The lowest BCUT2D eigenvalue weighted by Gasteiger charge is -2.21. The molecule has 0 aromatic heterocycles. The number of aliphatic carboxylic acids is 1. The summed E-state index contributed by atoms with van der Waals surface area (Å²) in [6.45, 7) is 6.71. The molecule has 4 N–H and O–H groups in total. The van der Waals surface area contributed by atoms with Crippen molar-refractivity contribution < 1.29 is 28.0 Å². The molecule has 8 heteroatoms. The number of hydrogen-bond donors (Lipinski definition) is 2. The molecule has 0 aliphatic carbocycles. The predicted octanol–water partition coefficient (Wildman–Crippen LogP) is 6.51. The van der Waals surface area contributed by atoms with Gasteiger partial charge in [0.15, 0.2) is 0 Å². The maximum Gasteiger partial charge on any atom is 0.647 e. The van der Waals surface area contributed by atoms with Gasteiger partial charge in [-0.1, -0.05) is 54.6 Å². The summed E-state index contributed by atoms with van der Waals surface area (Å²) in [6, 6.07) is 22.0. The lowest BCUT2D eigenvalue weighted by molar-refractivity contribution is -0.134. The van der Waals surface area contributed by atoms with Crippen LogP contribution in [0.1, 0.15) is 23.6 Å². The maximum absolute atomic E-state index is 13.5. The minimum absolute atomic E-state index is 0. The van der Waals surface area contributed by atoms with Gasteiger partial charge in [-0.2, -0.15) is 4.57 Å². The van der Waals surface area contributed by atoms with E-state index in [9.17, 15) is 4.57 Å². The first kappa shape index (κ1) is 25.8. The van der Waals surface area contributed by atoms with Crippen molar-refractivity contribution in [2.24, 2.45) is 0 Å². The highest BCUT2D eigenvalue weighted by molar-refractivity contribution is 7.49. The lowest BCUT2D eigenvalue weighted by atomic mass is 10.2. The number of carboxylic acid groups (broad SMARTS) is 1. The van der Waals surface area contributed by atoms with Crippen LogP contribution in [-0.4, -0.2) is 11.1 Å². The molecule has 0 saturated carbocycles. The molecule has 0 fully saturated rings. The molecule has 0 unspecified atom stereocenters. The van der Waals surface area contributed by atoms with Crippen LogP contribution in [0.2, 0.25) is 0 Å². The normalized spacial score (nSPS) is 10.1. The second kappa shape index (κ2) is 11.8. The Kier molecular flexibility index (Phi) is 9.80. The highest BCUT2D eigenvalue weighted by Gasteiger charge is 2.34. The zero-order valence-electron chi connectivity index (χ0n) is 18.1. The Hall–Kier alpha value is -3.28. The largest absolute Gasteiger partial charge is 0.647 e. The van der Waals surface area contributed by atoms with Gasteiger partial charge in [-0.05, 0) is 55.7 Å². The molecule has 0 radical (unpaired) electrons. The van der Waals surface area contributed by atoms with Gasteiger partial charge < -0.3 is 24.8 Å². The monoisotopic (exact) mass is 445 g/mol. The average molecular weight is 445 g/mol. The number of aryl methyl sites for hydroxylation is 3. The molecule has 0 bridgehead atoms. The van der Waals surface area contributed by atoms with E-state index in [1.807, 2.05) is 75.4 Å². The molecule has 0 aliphatic heterocycles. The Morgan fingerprint density at radius 2 is 0.903 bits per heavy atom. The van der Waals surface area contributed by atoms with Gasteiger partial charge in [-0.25, -0.2) is 0 Å². The number of phosphoric ester groups is 1. The zero-order valence-corrected chi connectivity index (χ0v) is 19.0. The van der Waals surface area contributed by atoms with Crippen molar-refractivity contribution in [3.05, 3.63) is 89.5 Å². The molecule has 3 rings (SSSR count). The molecule has 0 aliphatic rings. The smallest absolute Gasteiger partial charge is 0.481 e. The Balaban J connectivity index is 0.000000885. The molecule has 166 valence electrons. The SMILES string of the molecule is CC(=O)O.Cc1ccccc1OP(=O)(Oc1ccccc1C)Oc1ccccc1C.N. The van der Waals surface area contributed by atoms with Crippen LogP contribution in [0, 0.1) is 20.8 Å². The van der Waals surface area contributed by atoms with E-state index in [1.165, 1.54) is 0 Å². The van der Waals surface area contributed by atoms with Gasteiger partial charge in [-0.3, -0.25) is 4.79 Å². The van der Waals surface area contributed by atoms with Crippen LogP contribution in [-0.2, 0) is 9.36 Å². The molecule has 31 heavy (non-hydrogen) atoms. The summed E-state index contributed by atoms with van der Waals surface area (Å²) >= 11 is 0. The highest BCUT2D eigenvalue weighted by atomic mass is 31.2. The van der Waals surface area contributed by atoms with E-state index in [4.69, 9.17) is 23.5 Å². The van der Waals surface area contributed by atoms with Crippen LogP contribution in [0.15, 0.2) is 72.8 Å². The molecule has 0 saturated heterocycles. The number of benzene rings is 3. The van der Waals surface area contributed by atoms with Crippen LogP contribution in [0.5, 0.6) is 17.2 Å². The highest BCUT2D eigenvalue weighted by Crippen LogP contribution is 2.51. The van der Waals surface area contributed by atoms with Gasteiger partial charge in [0.25, 0.3) is 5.97 Å². The molecule has 0 heterocycles. The first-order chi connectivity index (χ1) is 14.2. The van der Waals surface area contributed by atoms with Crippen molar-refractivity contribution in [2.75, 3.05) is 0 Å². The van der Waals surface area contributed by atoms with E-state index in [0.717, 1.165) is 23.6 Å². The molecule has 0 atom stereocenters. The third-order valence-electron chi connectivity index (χ3n) is 3.91. The quantitative estimate of drug-likeness (QED) is 0.415. The minimum atomic E-state index is -3.97. The molecule has 3 aromatic carbocycles. The molecular weight excluding hydrogens is 417 g/mol. The fraction of sp³-hybridized carbons (Fsp3) is 0.174. The average Bonchev–Trinajstić information content (AvgIpc) is 2.67. The molecule has 0 spiro atoms. The second-order valence-electron chi connectivity index (χ2n) is 6.54. The number of phosphoric acid groups is 1. The zero-order chi connectivity index (χ0) is 22.1. The van der Waals surface area contributed by atoms with Crippen molar-refractivity contribution in [3.8, 4) is 17.2 Å². The maximum atomic E-state index is 13.5. The summed E-state index contributed by atoms with van der Waals surface area (Å²) in [7, 11) is -3.97. The van der Waals surface area contributed by atoms with Crippen molar-refractivity contribution in [2.45, 2.75) is 27.7 Å². The van der Waals surface area contributed by atoms with Crippen LogP contribution in [0.25, 0.3) is 0 Å². The molecular formula is C23H28NO6P. The van der Waals surface area contributed by atoms with E-state index in [-0.39, 0.29) is 6.15 Å². The fourth-order valence-electron chi connectivity index (χ4n) is 2.39. The van der Waals surface area contributed by atoms with Crippen LogP contribution < -0.4 is 19.7 Å². The number of hydrogen-bond acceptors (Lipinski definition) is 6. The van der Waals surface area contributed by atoms with Crippen LogP contribution in [0.3, 0.4) is 0 Å². The summed E-state index contributed by atoms with van der Waals surface area (Å²) < 4.78 is 30.8. The van der Waals surface area contributed by atoms with E-state index in [0.29, 0.717) is 17.2 Å². The molecule has 3 aromatic rings. The predicted molar refractivity (Wildman–Crippen MR) is 121 cm³/mol. The third kappa shape index (κ3) is 8.16. The topological polar surface area (TPSA) is 117 Å². The van der Waals surface area contributed by atoms with Crippen molar-refractivity contribution >= 4 is 13.8 Å². The number of para-hydroxylation sites is 3. The Bertz CT molecular complexity index is 927. The molecule has 7 nitrogen and oxygen atoms in total. The summed E-state index contributed by atoms with van der Waals surface area (Å²) in [5.41, 5.74) is 2.53. The van der Waals surface area contributed by atoms with E-state index < -0.39 is 13.8 Å². The summed E-state index contributed by atoms with van der Waals surface area (Å²) in [5, 5.41) is 7.42. The van der Waals surface area contributed by atoms with Gasteiger partial charge >= 0.3 is 7.82 Å². The summed E-state index contributed by atoms with van der Waals surface area (Å²) in [5.74, 6) is 0.536. The fourth-order valence-corrected chi connectivity index (χ4v) is 3.84. The van der Waals surface area contributed by atoms with Gasteiger partial charge in [0.1, 0.15) is 17.2 Å². The standard InChI is InChI=1S/C21H21O4P.C2H4O2.H3N/c1-16-10-4-7-13-19(16)23-26(22,24-20-14-8-5-11-17(20)2)25-21-15-9-6-12-18(21)3;1-2(3)4;/h4-15H,1-3H3;1H3,(H,3,4);1H3. The number of carbonyl (C=O) groups is 1. The van der Waals surface area contributed by atoms with E-state index in [1.54, 1.807) is 18.2 Å². The third-order valence-corrected chi connectivity index (χ3v) is 5.17. The Labute approximate surface area is 182 Å². The van der Waals surface area contributed by atoms with Crippen molar-refractivity contribution in [1.82, 2.24) is 6.15 Å². The number of carboxylic acids is 1. The lowest BCUT2D eigenvalue weighted by Crippen LogP contribution is -2.09. The minimum Gasteiger partial charge on any atom is -0.481 e. The summed E-state index contributed by atoms with van der Waals surface area (Å²) in [4.78, 5) is 9.00. The van der Waals surface area contributed by atoms with E-state index >= 15 is 0 Å². The van der Waals surface area contributed by atoms with Gasteiger partial charge in [0, 0.05) is 6.92 Å². The van der Waals surface area contributed by atoms with Crippen molar-refractivity contribution in [3.63, 3.8) is 0 Å². The summed E-state index contributed by atoms with van der Waals surface area (Å²) in [6.07, 6.45) is 0. The van der Waals surface area contributed by atoms with Gasteiger partial charge in [0.05, 0.1) is 0 Å². The first-order valence-corrected chi connectivity index (χ1v) is 10.7. The van der Waals surface area contributed by atoms with Gasteiger partial charge in [0.2, 0.25) is 0 Å². The number of rotatable bonds is 6. The Morgan fingerprint density at radius 3 is 1.13 bits per heavy atom. The first-order valence-electron chi connectivity index (χ1n) is 9.25. The van der Waals surface area contributed by atoms with Crippen LogP contribution in [0.4, 0.5) is 0 Å². The van der Waals surface area contributed by atoms with Gasteiger partial charge in [-0.15, -0.1) is 0 Å².